The highest BCUT2D eigenvalue weighted by Gasteiger charge is 2.01. The number of nitro groups is 1. The molecule has 0 N–H and O–H groups in total. The molecule has 0 bridgehead atoms. The molecule has 0 unspecified atom stereocenters. The van der Waals surface area contributed by atoms with Gasteiger partial charge in [-0.15, -0.1) is 5.92 Å². The number of aliphatic imine (C=N–C) groups is 1. The maximum absolute atomic E-state index is 10.5. The summed E-state index contributed by atoms with van der Waals surface area (Å²) >= 11 is 0. The molecule has 0 fully saturated rings. The average Bonchev–Trinajstić information content (AvgIpc) is 2.38. The molecule has 18 heavy (non-hydrogen) atoms. The van der Waals surface area contributed by atoms with Crippen molar-refractivity contribution in [3.8, 4) is 11.8 Å². The summed E-state index contributed by atoms with van der Waals surface area (Å²) < 4.78 is 0. The molecular formula is C14H16N2O2. The molecule has 1 aromatic carbocycles. The van der Waals surface area contributed by atoms with E-state index in [1.165, 1.54) is 12.1 Å². The molecule has 4 heteroatoms. The van der Waals surface area contributed by atoms with E-state index >= 15 is 0 Å². The average molecular weight is 244 g/mol. The van der Waals surface area contributed by atoms with Crippen molar-refractivity contribution in [1.82, 2.24) is 0 Å². The third kappa shape index (κ3) is 5.26. The highest BCUT2D eigenvalue weighted by Crippen LogP contribution is 2.10. The maximum atomic E-state index is 10.5. The molecule has 0 saturated heterocycles. The van der Waals surface area contributed by atoms with Crippen LogP contribution in [-0.2, 0) is 0 Å². The first-order valence-corrected chi connectivity index (χ1v) is 5.94. The maximum Gasteiger partial charge on any atom is 0.269 e. The Balaban J connectivity index is 2.41. The van der Waals surface area contributed by atoms with Crippen LogP contribution >= 0.6 is 0 Å². The van der Waals surface area contributed by atoms with Crippen molar-refractivity contribution in [3.05, 3.63) is 39.9 Å². The molecule has 0 spiro atoms. The topological polar surface area (TPSA) is 55.5 Å². The minimum absolute atomic E-state index is 0.0894. The number of hydrogen-bond donors (Lipinski definition) is 0. The van der Waals surface area contributed by atoms with Crippen LogP contribution in [0.25, 0.3) is 0 Å². The fourth-order valence-corrected chi connectivity index (χ4v) is 1.29. The lowest BCUT2D eigenvalue weighted by Gasteiger charge is -1.92. The number of unbranched alkanes of at least 4 members (excludes halogenated alkanes) is 2. The summed E-state index contributed by atoms with van der Waals surface area (Å²) in [4.78, 5) is 14.2. The Labute approximate surface area is 107 Å². The number of non-ortho nitro benzene ring substituents is 1. The van der Waals surface area contributed by atoms with Crippen LogP contribution in [0.4, 0.5) is 5.69 Å². The SMILES string of the molecule is CCCCC#CC/N=C/c1ccc([N+](=O)[O-])cc1. The molecule has 0 atom stereocenters. The smallest absolute Gasteiger partial charge is 0.269 e. The van der Waals surface area contributed by atoms with Gasteiger partial charge < -0.3 is 0 Å². The second-order valence-corrected chi connectivity index (χ2v) is 3.78. The number of rotatable bonds is 5. The van der Waals surface area contributed by atoms with Gasteiger partial charge in [-0.3, -0.25) is 15.1 Å². The van der Waals surface area contributed by atoms with Crippen LogP contribution in [0.3, 0.4) is 0 Å². The van der Waals surface area contributed by atoms with Gasteiger partial charge in [-0.1, -0.05) is 19.3 Å². The van der Waals surface area contributed by atoms with Crippen LogP contribution < -0.4 is 0 Å². The second kappa shape index (κ2) is 8.02. The van der Waals surface area contributed by atoms with Crippen molar-refractivity contribution < 1.29 is 4.92 Å². The van der Waals surface area contributed by atoms with Gasteiger partial charge in [-0.2, -0.15) is 0 Å². The zero-order valence-corrected chi connectivity index (χ0v) is 10.4. The highest BCUT2D eigenvalue weighted by atomic mass is 16.6. The van der Waals surface area contributed by atoms with Crippen molar-refractivity contribution in [2.24, 2.45) is 4.99 Å². The Morgan fingerprint density at radius 1 is 1.33 bits per heavy atom. The first-order chi connectivity index (χ1) is 8.74. The molecule has 0 aliphatic rings. The van der Waals surface area contributed by atoms with E-state index in [1.54, 1.807) is 18.3 Å². The molecular weight excluding hydrogens is 228 g/mol. The quantitative estimate of drug-likeness (QED) is 0.262. The third-order valence-corrected chi connectivity index (χ3v) is 2.29. The van der Waals surface area contributed by atoms with Gasteiger partial charge in [0.1, 0.15) is 0 Å². The predicted molar refractivity (Wildman–Crippen MR) is 72.9 cm³/mol. The van der Waals surface area contributed by atoms with Gasteiger partial charge in [0.2, 0.25) is 0 Å². The molecule has 1 rings (SSSR count). The van der Waals surface area contributed by atoms with Crippen molar-refractivity contribution in [2.45, 2.75) is 26.2 Å². The summed E-state index contributed by atoms with van der Waals surface area (Å²) in [7, 11) is 0. The lowest BCUT2D eigenvalue weighted by Crippen LogP contribution is -1.88. The summed E-state index contributed by atoms with van der Waals surface area (Å²) in [6.45, 7) is 2.61. The molecule has 0 heterocycles. The normalized spacial score (nSPS) is 10.1. The van der Waals surface area contributed by atoms with E-state index in [0.29, 0.717) is 6.54 Å². The van der Waals surface area contributed by atoms with Gasteiger partial charge in [-0.25, -0.2) is 0 Å². The van der Waals surface area contributed by atoms with E-state index in [0.717, 1.165) is 24.8 Å². The molecule has 0 aliphatic heterocycles. The zero-order valence-electron chi connectivity index (χ0n) is 10.4. The fraction of sp³-hybridized carbons (Fsp3) is 0.357. The van der Waals surface area contributed by atoms with E-state index in [9.17, 15) is 10.1 Å². The summed E-state index contributed by atoms with van der Waals surface area (Å²) in [5, 5.41) is 10.5. The lowest BCUT2D eigenvalue weighted by atomic mass is 10.2. The Bertz CT molecular complexity index is 467. The van der Waals surface area contributed by atoms with Crippen molar-refractivity contribution in [3.63, 3.8) is 0 Å². The van der Waals surface area contributed by atoms with Gasteiger partial charge in [0.25, 0.3) is 5.69 Å². The highest BCUT2D eigenvalue weighted by molar-refractivity contribution is 5.80. The Morgan fingerprint density at radius 3 is 2.67 bits per heavy atom. The molecule has 0 radical (unpaired) electrons. The predicted octanol–water partition coefficient (Wildman–Crippen LogP) is 3.21. The van der Waals surface area contributed by atoms with Crippen molar-refractivity contribution >= 4 is 11.9 Å². The van der Waals surface area contributed by atoms with Crippen LogP contribution in [0, 0.1) is 22.0 Å². The van der Waals surface area contributed by atoms with E-state index in [4.69, 9.17) is 0 Å². The monoisotopic (exact) mass is 244 g/mol. The number of nitrogens with zero attached hydrogens (tertiary/aromatic N) is 2. The van der Waals surface area contributed by atoms with Crippen molar-refractivity contribution in [1.29, 1.82) is 0 Å². The summed E-state index contributed by atoms with van der Waals surface area (Å²) in [5.74, 6) is 6.01. The van der Waals surface area contributed by atoms with E-state index in [2.05, 4.69) is 23.8 Å². The Morgan fingerprint density at radius 2 is 2.06 bits per heavy atom. The Hall–Kier alpha value is -2.15. The van der Waals surface area contributed by atoms with E-state index < -0.39 is 4.92 Å². The molecule has 4 nitrogen and oxygen atoms in total. The van der Waals surface area contributed by atoms with Gasteiger partial charge >= 0.3 is 0 Å². The molecule has 1 aromatic rings. The summed E-state index contributed by atoms with van der Waals surface area (Å²) in [6, 6.07) is 6.28. The minimum atomic E-state index is -0.417. The number of nitro benzene ring substituents is 1. The standard InChI is InChI=1S/C14H16N2O2/c1-2-3-4-5-6-11-15-12-13-7-9-14(10-8-13)16(17)18/h7-10,12H,2-4,11H2,1H3/b15-12+. The molecule has 0 aromatic heterocycles. The molecule has 0 aliphatic carbocycles. The Kier molecular flexibility index (Phi) is 6.20. The summed E-state index contributed by atoms with van der Waals surface area (Å²) in [5.41, 5.74) is 0.933. The van der Waals surface area contributed by atoms with Gasteiger partial charge in [-0.05, 0) is 24.1 Å². The first-order valence-electron chi connectivity index (χ1n) is 5.94. The number of hydrogen-bond acceptors (Lipinski definition) is 3. The van der Waals surface area contributed by atoms with Crippen LogP contribution in [-0.4, -0.2) is 17.7 Å². The third-order valence-electron chi connectivity index (χ3n) is 2.29. The molecule has 0 amide bonds. The number of benzene rings is 1. The van der Waals surface area contributed by atoms with Crippen LogP contribution in [0.5, 0.6) is 0 Å². The van der Waals surface area contributed by atoms with Crippen LogP contribution in [0.2, 0.25) is 0 Å². The first kappa shape index (κ1) is 13.9. The van der Waals surface area contributed by atoms with Gasteiger partial charge in [0.15, 0.2) is 0 Å². The zero-order chi connectivity index (χ0) is 13.2. The lowest BCUT2D eigenvalue weighted by molar-refractivity contribution is -0.384. The fourth-order valence-electron chi connectivity index (χ4n) is 1.29. The van der Waals surface area contributed by atoms with Gasteiger partial charge in [0.05, 0.1) is 11.5 Å². The van der Waals surface area contributed by atoms with Crippen LogP contribution in [0.1, 0.15) is 31.7 Å². The molecule has 94 valence electrons. The van der Waals surface area contributed by atoms with E-state index in [-0.39, 0.29) is 5.69 Å². The minimum Gasteiger partial charge on any atom is -0.280 e. The van der Waals surface area contributed by atoms with Crippen LogP contribution in [0.15, 0.2) is 29.3 Å². The van der Waals surface area contributed by atoms with Gasteiger partial charge in [0, 0.05) is 24.8 Å². The summed E-state index contributed by atoms with van der Waals surface area (Å²) in [6.07, 6.45) is 4.88. The second-order valence-electron chi connectivity index (χ2n) is 3.78. The molecule has 0 saturated carbocycles. The van der Waals surface area contributed by atoms with E-state index in [1.807, 2.05) is 0 Å². The van der Waals surface area contributed by atoms with Crippen molar-refractivity contribution in [2.75, 3.05) is 6.54 Å². The largest absolute Gasteiger partial charge is 0.280 e.